The van der Waals surface area contributed by atoms with Crippen molar-refractivity contribution in [2.45, 2.75) is 59.3 Å². The van der Waals surface area contributed by atoms with E-state index in [4.69, 9.17) is 0 Å². The molecule has 0 unspecified atom stereocenters. The van der Waals surface area contributed by atoms with Crippen LogP contribution >= 0.6 is 15.9 Å². The lowest BCUT2D eigenvalue weighted by Crippen LogP contribution is -2.03. The molecule has 0 saturated heterocycles. The van der Waals surface area contributed by atoms with Gasteiger partial charge in [0.05, 0.1) is 4.47 Å². The minimum Gasteiger partial charge on any atom is -0.504 e. The van der Waals surface area contributed by atoms with E-state index in [1.165, 1.54) is 5.56 Å². The third kappa shape index (κ3) is 3.00. The van der Waals surface area contributed by atoms with Gasteiger partial charge in [-0.1, -0.05) is 40.0 Å². The van der Waals surface area contributed by atoms with Crippen LogP contribution in [0.15, 0.2) is 4.47 Å². The summed E-state index contributed by atoms with van der Waals surface area (Å²) >= 11 is 3.43. The quantitative estimate of drug-likeness (QED) is 0.746. The van der Waals surface area contributed by atoms with Crippen molar-refractivity contribution in [1.29, 1.82) is 0 Å². The molecule has 1 aromatic rings. The van der Waals surface area contributed by atoms with Gasteiger partial charge < -0.3 is 10.2 Å². The zero-order chi connectivity index (χ0) is 13.7. The van der Waals surface area contributed by atoms with E-state index < -0.39 is 0 Å². The first kappa shape index (κ1) is 15.4. The largest absolute Gasteiger partial charge is 0.504 e. The Morgan fingerprint density at radius 2 is 1.17 bits per heavy atom. The van der Waals surface area contributed by atoms with E-state index in [9.17, 15) is 10.2 Å². The van der Waals surface area contributed by atoms with Crippen LogP contribution in [0.5, 0.6) is 11.5 Å². The average molecular weight is 315 g/mol. The topological polar surface area (TPSA) is 40.5 Å². The molecule has 0 radical (unpaired) electrons. The molecule has 18 heavy (non-hydrogen) atoms. The van der Waals surface area contributed by atoms with Gasteiger partial charge in [-0.05, 0) is 46.3 Å². The highest BCUT2D eigenvalue weighted by molar-refractivity contribution is 9.10. The Morgan fingerprint density at radius 1 is 0.722 bits per heavy atom. The zero-order valence-electron chi connectivity index (χ0n) is 11.5. The predicted molar refractivity (Wildman–Crippen MR) is 79.5 cm³/mol. The number of rotatable bonds is 6. The van der Waals surface area contributed by atoms with Gasteiger partial charge in [-0.2, -0.15) is 0 Å². The molecule has 0 aliphatic rings. The minimum atomic E-state index is 0.00162. The monoisotopic (exact) mass is 314 g/mol. The Labute approximate surface area is 118 Å². The van der Waals surface area contributed by atoms with E-state index >= 15 is 0 Å². The van der Waals surface area contributed by atoms with Gasteiger partial charge in [0.25, 0.3) is 0 Å². The van der Waals surface area contributed by atoms with Crippen molar-refractivity contribution >= 4 is 15.9 Å². The highest BCUT2D eigenvalue weighted by Gasteiger charge is 2.20. The maximum absolute atomic E-state index is 10.1. The van der Waals surface area contributed by atoms with E-state index in [-0.39, 0.29) is 11.5 Å². The smallest absolute Gasteiger partial charge is 0.172 e. The van der Waals surface area contributed by atoms with Crippen molar-refractivity contribution in [2.75, 3.05) is 0 Å². The summed E-state index contributed by atoms with van der Waals surface area (Å²) in [5.41, 5.74) is 3.32. The van der Waals surface area contributed by atoms with Gasteiger partial charge in [-0.3, -0.25) is 0 Å². The van der Waals surface area contributed by atoms with Crippen LogP contribution in [-0.4, -0.2) is 10.2 Å². The molecule has 0 saturated carbocycles. The predicted octanol–water partition coefficient (Wildman–Crippen LogP) is 4.72. The van der Waals surface area contributed by atoms with Crippen LogP contribution in [0.2, 0.25) is 0 Å². The van der Waals surface area contributed by atoms with Crippen molar-refractivity contribution < 1.29 is 10.2 Å². The van der Waals surface area contributed by atoms with Gasteiger partial charge in [0.2, 0.25) is 0 Å². The highest BCUT2D eigenvalue weighted by Crippen LogP contribution is 2.43. The second kappa shape index (κ2) is 7.03. The summed E-state index contributed by atoms with van der Waals surface area (Å²) < 4.78 is 0.671. The van der Waals surface area contributed by atoms with Crippen molar-refractivity contribution in [3.05, 3.63) is 21.2 Å². The normalized spacial score (nSPS) is 10.9. The first-order chi connectivity index (χ1) is 8.58. The Balaban J connectivity index is 3.46. The Morgan fingerprint density at radius 3 is 1.67 bits per heavy atom. The molecule has 0 aliphatic carbocycles. The Bertz CT molecular complexity index is 380. The summed E-state index contributed by atoms with van der Waals surface area (Å²) in [6.45, 7) is 6.36. The van der Waals surface area contributed by atoms with Gasteiger partial charge in [-0.25, -0.2) is 0 Å². The molecule has 0 spiro atoms. The maximum atomic E-state index is 10.1. The zero-order valence-corrected chi connectivity index (χ0v) is 13.1. The third-order valence-electron chi connectivity index (χ3n) is 3.21. The minimum absolute atomic E-state index is 0.00162. The molecule has 0 amide bonds. The maximum Gasteiger partial charge on any atom is 0.172 e. The molecule has 1 rings (SSSR count). The lowest BCUT2D eigenvalue weighted by atomic mass is 9.91. The summed E-state index contributed by atoms with van der Waals surface area (Å²) in [7, 11) is 0. The van der Waals surface area contributed by atoms with Crippen molar-refractivity contribution in [1.82, 2.24) is 0 Å². The van der Waals surface area contributed by atoms with Gasteiger partial charge in [0.1, 0.15) is 0 Å². The number of aromatic hydroxyl groups is 2. The van der Waals surface area contributed by atoms with E-state index in [0.29, 0.717) is 4.47 Å². The molecule has 2 N–H and O–H groups in total. The highest BCUT2D eigenvalue weighted by atomic mass is 79.9. The van der Waals surface area contributed by atoms with Crippen LogP contribution in [-0.2, 0) is 19.3 Å². The van der Waals surface area contributed by atoms with Crippen LogP contribution in [0.1, 0.15) is 56.7 Å². The van der Waals surface area contributed by atoms with Crippen LogP contribution in [0.4, 0.5) is 0 Å². The van der Waals surface area contributed by atoms with Gasteiger partial charge >= 0.3 is 0 Å². The SMILES string of the molecule is CCCc1c(O)c(O)c(Br)c(CCC)c1CCC. The molecule has 102 valence electrons. The molecule has 0 fully saturated rings. The Kier molecular flexibility index (Phi) is 6.00. The van der Waals surface area contributed by atoms with E-state index in [2.05, 4.69) is 36.7 Å². The summed E-state index contributed by atoms with van der Waals surface area (Å²) in [6.07, 6.45) is 5.75. The summed E-state index contributed by atoms with van der Waals surface area (Å²) in [6, 6.07) is 0. The standard InChI is InChI=1S/C15H23BrO2/c1-4-7-10-11(8-5-2)13(16)15(18)14(17)12(10)9-6-3/h17-18H,4-9H2,1-3H3. The molecular weight excluding hydrogens is 292 g/mol. The summed E-state index contributed by atoms with van der Waals surface area (Å²) in [5, 5.41) is 20.1. The van der Waals surface area contributed by atoms with E-state index in [1.807, 2.05) is 0 Å². The molecule has 0 aromatic heterocycles. The fourth-order valence-corrected chi connectivity index (χ4v) is 3.05. The number of phenolic OH excluding ortho intramolecular Hbond substituents is 2. The van der Waals surface area contributed by atoms with Crippen molar-refractivity contribution in [2.24, 2.45) is 0 Å². The van der Waals surface area contributed by atoms with Gasteiger partial charge in [0, 0.05) is 5.56 Å². The van der Waals surface area contributed by atoms with Crippen molar-refractivity contribution in [3.63, 3.8) is 0 Å². The number of hydrogen-bond donors (Lipinski definition) is 2. The Hall–Kier alpha value is -0.700. The van der Waals surface area contributed by atoms with Crippen LogP contribution in [0.3, 0.4) is 0 Å². The second-order valence-electron chi connectivity index (χ2n) is 4.70. The lowest BCUT2D eigenvalue weighted by molar-refractivity contribution is 0.395. The van der Waals surface area contributed by atoms with Crippen molar-refractivity contribution in [3.8, 4) is 11.5 Å². The molecule has 0 heterocycles. The first-order valence-electron chi connectivity index (χ1n) is 6.82. The lowest BCUT2D eigenvalue weighted by Gasteiger charge is -2.19. The molecule has 1 aromatic carbocycles. The molecule has 2 nitrogen and oxygen atoms in total. The van der Waals surface area contributed by atoms with Crippen LogP contribution < -0.4 is 0 Å². The van der Waals surface area contributed by atoms with Crippen LogP contribution in [0.25, 0.3) is 0 Å². The number of halogens is 1. The summed E-state index contributed by atoms with van der Waals surface area (Å²) in [5.74, 6) is 0.0637. The molecule has 3 heteroatoms. The van der Waals surface area contributed by atoms with E-state index in [0.717, 1.165) is 49.7 Å². The molecule has 0 bridgehead atoms. The third-order valence-corrected chi connectivity index (χ3v) is 4.07. The van der Waals surface area contributed by atoms with Crippen LogP contribution in [0, 0.1) is 0 Å². The summed E-state index contributed by atoms with van der Waals surface area (Å²) in [4.78, 5) is 0. The number of hydrogen-bond acceptors (Lipinski definition) is 2. The molecule has 0 atom stereocenters. The fourth-order valence-electron chi connectivity index (χ4n) is 2.43. The van der Waals surface area contributed by atoms with Gasteiger partial charge in [-0.15, -0.1) is 0 Å². The van der Waals surface area contributed by atoms with E-state index in [1.54, 1.807) is 0 Å². The fraction of sp³-hybridized carbons (Fsp3) is 0.600. The molecule has 0 aliphatic heterocycles. The first-order valence-corrected chi connectivity index (χ1v) is 7.61. The van der Waals surface area contributed by atoms with Gasteiger partial charge in [0.15, 0.2) is 11.5 Å². The number of benzene rings is 1. The average Bonchev–Trinajstić information content (AvgIpc) is 2.36. The molecular formula is C15H23BrO2. The number of phenols is 2. The second-order valence-corrected chi connectivity index (χ2v) is 5.49.